The van der Waals surface area contributed by atoms with Gasteiger partial charge in [0.15, 0.2) is 0 Å². The Morgan fingerprint density at radius 1 is 1.07 bits per heavy atom. The molecule has 1 N–H and O–H groups in total. The summed E-state index contributed by atoms with van der Waals surface area (Å²) in [6, 6.07) is 23.4. The van der Waals surface area contributed by atoms with Crippen LogP contribution in [0.5, 0.6) is 5.75 Å². The van der Waals surface area contributed by atoms with Gasteiger partial charge in [-0.15, -0.1) is 0 Å². The van der Waals surface area contributed by atoms with Crippen molar-refractivity contribution in [2.45, 2.75) is 51.0 Å². The zero-order chi connectivity index (χ0) is 30.6. The fourth-order valence-electron chi connectivity index (χ4n) is 7.39. The van der Waals surface area contributed by atoms with Gasteiger partial charge in [-0.3, -0.25) is 4.79 Å². The fourth-order valence-corrected chi connectivity index (χ4v) is 7.39. The van der Waals surface area contributed by atoms with E-state index in [-0.39, 0.29) is 30.2 Å². The molecule has 4 aromatic rings. The second-order valence-electron chi connectivity index (χ2n) is 12.3. The Kier molecular flexibility index (Phi) is 6.84. The molecule has 1 aromatic heterocycles. The maximum absolute atomic E-state index is 14.9. The van der Waals surface area contributed by atoms with E-state index in [1.165, 1.54) is 6.07 Å². The molecule has 3 atom stereocenters. The molecular weight excluding hydrogens is 555 g/mol. The molecule has 3 aromatic carbocycles. The first kappa shape index (κ1) is 28.0. The molecule has 2 heterocycles. The van der Waals surface area contributed by atoms with Gasteiger partial charge in [0, 0.05) is 30.1 Å². The molecule has 0 radical (unpaired) electrons. The number of rotatable bonds is 7. The quantitative estimate of drug-likeness (QED) is 0.263. The number of anilines is 1. The molecule has 7 nitrogen and oxygen atoms in total. The first-order valence-electron chi connectivity index (χ1n) is 15.1. The van der Waals surface area contributed by atoms with Crippen molar-refractivity contribution in [3.05, 3.63) is 106 Å². The topological polar surface area (TPSA) is 99.3 Å². The lowest BCUT2D eigenvalue weighted by Crippen LogP contribution is -2.42. The number of carboxylic acids is 1. The van der Waals surface area contributed by atoms with Gasteiger partial charge in [-0.05, 0) is 85.5 Å². The summed E-state index contributed by atoms with van der Waals surface area (Å²) in [5.41, 5.74) is 6.53. The first-order valence-corrected chi connectivity index (χ1v) is 15.1. The molecule has 0 bridgehead atoms. The van der Waals surface area contributed by atoms with Crippen molar-refractivity contribution >= 4 is 11.9 Å². The predicted octanol–water partition coefficient (Wildman–Crippen LogP) is 6.51. The van der Waals surface area contributed by atoms with Gasteiger partial charge in [-0.25, -0.2) is 14.4 Å². The molecule has 2 aliphatic carbocycles. The maximum Gasteiger partial charge on any atom is 0.307 e. The van der Waals surface area contributed by atoms with Gasteiger partial charge in [0.05, 0.1) is 28.8 Å². The molecule has 3 aliphatic rings. The van der Waals surface area contributed by atoms with Gasteiger partial charge < -0.3 is 14.7 Å². The lowest BCUT2D eigenvalue weighted by molar-refractivity contribution is -0.139. The number of nitrogens with zero attached hydrogens (tertiary/aromatic N) is 4. The predicted molar refractivity (Wildman–Crippen MR) is 164 cm³/mol. The number of hydrogen-bond acceptors (Lipinski definition) is 6. The minimum Gasteiger partial charge on any atom is -0.489 e. The highest BCUT2D eigenvalue weighted by atomic mass is 19.1. The molecule has 1 saturated heterocycles. The molecule has 0 amide bonds. The molecule has 2 fully saturated rings. The van der Waals surface area contributed by atoms with Gasteiger partial charge in [0.2, 0.25) is 5.95 Å². The van der Waals surface area contributed by atoms with Crippen LogP contribution < -0.4 is 9.64 Å². The second kappa shape index (κ2) is 10.7. The Morgan fingerprint density at radius 3 is 2.48 bits per heavy atom. The normalized spacial score (nSPS) is 21.2. The second-order valence-corrected chi connectivity index (χ2v) is 12.3. The van der Waals surface area contributed by atoms with E-state index in [2.05, 4.69) is 11.0 Å². The minimum absolute atomic E-state index is 0.0654. The third kappa shape index (κ3) is 4.77. The molecule has 7 rings (SSSR count). The Bertz CT molecular complexity index is 1790. The van der Waals surface area contributed by atoms with Crippen LogP contribution in [-0.2, 0) is 23.2 Å². The van der Waals surface area contributed by atoms with Crippen LogP contribution in [0.4, 0.5) is 10.3 Å². The highest BCUT2D eigenvalue weighted by molar-refractivity contribution is 5.78. The highest BCUT2D eigenvalue weighted by Crippen LogP contribution is 2.61. The van der Waals surface area contributed by atoms with E-state index in [0.29, 0.717) is 43.2 Å². The Hall–Kier alpha value is -4.77. The average molecular weight is 589 g/mol. The van der Waals surface area contributed by atoms with Crippen molar-refractivity contribution in [3.8, 4) is 22.9 Å². The van der Waals surface area contributed by atoms with Crippen molar-refractivity contribution in [1.82, 2.24) is 9.97 Å². The molecular formula is C36H33FN4O3. The molecule has 222 valence electrons. The van der Waals surface area contributed by atoms with E-state index < -0.39 is 11.4 Å². The van der Waals surface area contributed by atoms with E-state index in [4.69, 9.17) is 14.7 Å². The zero-order valence-electron chi connectivity index (χ0n) is 24.8. The molecule has 8 heteroatoms. The van der Waals surface area contributed by atoms with Crippen LogP contribution in [0.25, 0.3) is 11.1 Å². The van der Waals surface area contributed by atoms with Gasteiger partial charge in [0.25, 0.3) is 0 Å². The monoisotopic (exact) mass is 588 g/mol. The molecule has 0 unspecified atom stereocenters. The third-order valence-corrected chi connectivity index (χ3v) is 9.81. The van der Waals surface area contributed by atoms with Crippen molar-refractivity contribution in [1.29, 1.82) is 5.26 Å². The molecule has 1 saturated carbocycles. The van der Waals surface area contributed by atoms with Gasteiger partial charge in [0.1, 0.15) is 18.2 Å². The number of ether oxygens (including phenoxy) is 1. The Morgan fingerprint density at radius 2 is 1.80 bits per heavy atom. The summed E-state index contributed by atoms with van der Waals surface area (Å²) in [6.07, 6.45) is 2.15. The van der Waals surface area contributed by atoms with E-state index >= 15 is 0 Å². The smallest absolute Gasteiger partial charge is 0.307 e. The summed E-state index contributed by atoms with van der Waals surface area (Å²) in [6.45, 7) is 5.33. The molecule has 1 aliphatic heterocycles. The first-order chi connectivity index (χ1) is 21.3. The number of carboxylic acid groups (broad SMARTS) is 1. The van der Waals surface area contributed by atoms with Gasteiger partial charge in [-0.2, -0.15) is 5.26 Å². The van der Waals surface area contributed by atoms with E-state index in [9.17, 15) is 19.6 Å². The summed E-state index contributed by atoms with van der Waals surface area (Å²) >= 11 is 0. The molecule has 44 heavy (non-hydrogen) atoms. The van der Waals surface area contributed by atoms with E-state index in [1.807, 2.05) is 62.4 Å². The van der Waals surface area contributed by atoms with E-state index in [0.717, 1.165) is 45.6 Å². The standard InChI is InChI=1S/C36H33FN4O3/c1-21-31(22(2)40-35(39-21)41-14-12-36(20-38,13-15-41)26-6-4-3-5-7-26)23-8-11-30(37)25(16-23)19-44-27-9-10-28-24(17-27)18-29-32(28)33(29)34(42)43/h3-11,16-17,29,32-33H,12-15,18-19H2,1-2H3,(H,42,43)/t29-,32+,33+/m1/s1. The van der Waals surface area contributed by atoms with Crippen molar-refractivity contribution in [2.75, 3.05) is 18.0 Å². The van der Waals surface area contributed by atoms with Gasteiger partial charge >= 0.3 is 5.97 Å². The number of halogens is 1. The Labute approximate surface area is 256 Å². The summed E-state index contributed by atoms with van der Waals surface area (Å²) in [4.78, 5) is 23.3. The van der Waals surface area contributed by atoms with Gasteiger partial charge in [-0.1, -0.05) is 42.5 Å². The fraction of sp³-hybridized carbons (Fsp3) is 0.333. The van der Waals surface area contributed by atoms with Crippen molar-refractivity contribution in [3.63, 3.8) is 0 Å². The largest absolute Gasteiger partial charge is 0.489 e. The average Bonchev–Trinajstić information content (AvgIpc) is 3.63. The van der Waals surface area contributed by atoms with Crippen LogP contribution in [0.15, 0.2) is 66.7 Å². The number of nitriles is 1. The lowest BCUT2D eigenvalue weighted by atomic mass is 9.74. The number of carbonyl (C=O) groups is 1. The SMILES string of the molecule is Cc1nc(N2CCC(C#N)(c3ccccc3)CC2)nc(C)c1-c1ccc(F)c(COc2ccc3c(c2)C[C@H]2[C@H](C(=O)O)[C@@H]32)c1. The van der Waals surface area contributed by atoms with Crippen LogP contribution >= 0.6 is 0 Å². The number of hydrogen-bond donors (Lipinski definition) is 1. The number of piperidine rings is 1. The minimum atomic E-state index is -0.719. The third-order valence-electron chi connectivity index (χ3n) is 9.81. The summed E-state index contributed by atoms with van der Waals surface area (Å²) in [5.74, 6) is 0.265. The van der Waals surface area contributed by atoms with Crippen LogP contribution in [0.1, 0.15) is 52.4 Å². The summed E-state index contributed by atoms with van der Waals surface area (Å²) < 4.78 is 20.9. The van der Waals surface area contributed by atoms with Crippen molar-refractivity contribution < 1.29 is 19.0 Å². The summed E-state index contributed by atoms with van der Waals surface area (Å²) in [5, 5.41) is 19.4. The number of benzene rings is 3. The van der Waals surface area contributed by atoms with Crippen LogP contribution in [0.3, 0.4) is 0 Å². The maximum atomic E-state index is 14.9. The zero-order valence-corrected chi connectivity index (χ0v) is 24.8. The van der Waals surface area contributed by atoms with Crippen LogP contribution in [0.2, 0.25) is 0 Å². The molecule has 0 spiro atoms. The van der Waals surface area contributed by atoms with E-state index in [1.54, 1.807) is 12.1 Å². The number of aliphatic carboxylic acids is 1. The lowest BCUT2D eigenvalue weighted by Gasteiger charge is -2.37. The number of fused-ring (bicyclic) bond motifs is 3. The number of aryl methyl sites for hydroxylation is 2. The Balaban J connectivity index is 1.06. The van der Waals surface area contributed by atoms with Crippen molar-refractivity contribution in [2.24, 2.45) is 11.8 Å². The summed E-state index contributed by atoms with van der Waals surface area (Å²) in [7, 11) is 0. The number of aromatic nitrogens is 2. The highest BCUT2D eigenvalue weighted by Gasteiger charge is 2.59. The van der Waals surface area contributed by atoms with Crippen LogP contribution in [-0.4, -0.2) is 34.1 Å². The van der Waals surface area contributed by atoms with Crippen LogP contribution in [0, 0.1) is 42.8 Å².